The SMILES string of the molecule is Oc1ccc(CN=Nc2nc3ccccc3s2)cc1O. The van der Waals surface area contributed by atoms with Crippen molar-refractivity contribution in [2.45, 2.75) is 6.54 Å². The zero-order valence-electron chi connectivity index (χ0n) is 10.4. The van der Waals surface area contributed by atoms with Crippen molar-refractivity contribution in [2.24, 2.45) is 10.2 Å². The molecule has 0 bridgehead atoms. The van der Waals surface area contributed by atoms with Gasteiger partial charge in [0.1, 0.15) is 0 Å². The number of thiazole rings is 1. The van der Waals surface area contributed by atoms with Crippen molar-refractivity contribution < 1.29 is 10.2 Å². The fourth-order valence-electron chi connectivity index (χ4n) is 1.75. The van der Waals surface area contributed by atoms with Crippen molar-refractivity contribution in [1.29, 1.82) is 0 Å². The van der Waals surface area contributed by atoms with Crippen LogP contribution in [0.5, 0.6) is 11.5 Å². The summed E-state index contributed by atoms with van der Waals surface area (Å²) in [5, 5.41) is 27.3. The van der Waals surface area contributed by atoms with Crippen LogP contribution in [0.1, 0.15) is 5.56 Å². The van der Waals surface area contributed by atoms with Crippen molar-refractivity contribution in [3.63, 3.8) is 0 Å². The summed E-state index contributed by atoms with van der Waals surface area (Å²) in [6.07, 6.45) is 0. The van der Waals surface area contributed by atoms with Crippen molar-refractivity contribution in [3.05, 3.63) is 48.0 Å². The van der Waals surface area contributed by atoms with Gasteiger partial charge in [-0.2, -0.15) is 5.11 Å². The summed E-state index contributed by atoms with van der Waals surface area (Å²) in [7, 11) is 0. The van der Waals surface area contributed by atoms with E-state index in [4.69, 9.17) is 0 Å². The maximum atomic E-state index is 9.38. The summed E-state index contributed by atoms with van der Waals surface area (Å²) >= 11 is 1.48. The van der Waals surface area contributed by atoms with E-state index in [0.29, 0.717) is 11.7 Å². The van der Waals surface area contributed by atoms with Gasteiger partial charge >= 0.3 is 0 Å². The summed E-state index contributed by atoms with van der Waals surface area (Å²) in [4.78, 5) is 4.34. The summed E-state index contributed by atoms with van der Waals surface area (Å²) in [5.74, 6) is -0.297. The molecule has 5 nitrogen and oxygen atoms in total. The van der Waals surface area contributed by atoms with Crippen LogP contribution < -0.4 is 0 Å². The molecule has 6 heteroatoms. The number of hydrogen-bond donors (Lipinski definition) is 2. The van der Waals surface area contributed by atoms with Gasteiger partial charge < -0.3 is 10.2 Å². The third-order valence-electron chi connectivity index (χ3n) is 2.73. The molecule has 100 valence electrons. The number of aromatic hydroxyl groups is 2. The Bertz CT molecular complexity index is 750. The largest absolute Gasteiger partial charge is 0.504 e. The second-order valence-electron chi connectivity index (χ2n) is 4.19. The molecular weight excluding hydrogens is 274 g/mol. The number of phenolic OH excluding ortho intramolecular Hbond substituents is 2. The molecule has 2 aromatic carbocycles. The van der Waals surface area contributed by atoms with Gasteiger partial charge in [0, 0.05) is 0 Å². The van der Waals surface area contributed by atoms with E-state index >= 15 is 0 Å². The van der Waals surface area contributed by atoms with Gasteiger partial charge in [-0.25, -0.2) is 4.98 Å². The second kappa shape index (κ2) is 5.26. The number of para-hydroxylation sites is 1. The molecular formula is C14H11N3O2S. The minimum absolute atomic E-state index is 0.142. The summed E-state index contributed by atoms with van der Waals surface area (Å²) in [6.45, 7) is 0.323. The Kier molecular flexibility index (Phi) is 3.30. The molecule has 0 aliphatic heterocycles. The number of benzene rings is 2. The molecule has 1 heterocycles. The highest BCUT2D eigenvalue weighted by molar-refractivity contribution is 7.21. The molecule has 0 saturated heterocycles. The van der Waals surface area contributed by atoms with E-state index in [-0.39, 0.29) is 11.5 Å². The van der Waals surface area contributed by atoms with Crippen molar-refractivity contribution in [1.82, 2.24) is 4.98 Å². The van der Waals surface area contributed by atoms with Gasteiger partial charge in [-0.1, -0.05) is 29.5 Å². The zero-order chi connectivity index (χ0) is 13.9. The smallest absolute Gasteiger partial charge is 0.230 e. The van der Waals surface area contributed by atoms with Crippen LogP contribution in [0.15, 0.2) is 52.7 Å². The molecule has 0 atom stereocenters. The first kappa shape index (κ1) is 12.6. The fraction of sp³-hybridized carbons (Fsp3) is 0.0714. The minimum atomic E-state index is -0.155. The predicted octanol–water partition coefficient (Wildman–Crippen LogP) is 3.99. The Labute approximate surface area is 118 Å². The average molecular weight is 285 g/mol. The quantitative estimate of drug-likeness (QED) is 0.564. The molecule has 0 saturated carbocycles. The molecule has 0 spiro atoms. The molecule has 0 amide bonds. The molecule has 3 rings (SSSR count). The van der Waals surface area contributed by atoms with E-state index in [2.05, 4.69) is 15.2 Å². The maximum Gasteiger partial charge on any atom is 0.230 e. The van der Waals surface area contributed by atoms with E-state index < -0.39 is 0 Å². The molecule has 20 heavy (non-hydrogen) atoms. The molecule has 0 aliphatic rings. The topological polar surface area (TPSA) is 78.1 Å². The summed E-state index contributed by atoms with van der Waals surface area (Å²) in [6, 6.07) is 12.4. The Hall–Kier alpha value is -2.47. The van der Waals surface area contributed by atoms with E-state index in [1.165, 1.54) is 23.5 Å². The predicted molar refractivity (Wildman–Crippen MR) is 77.6 cm³/mol. The lowest BCUT2D eigenvalue weighted by Crippen LogP contribution is -1.80. The van der Waals surface area contributed by atoms with E-state index in [9.17, 15) is 10.2 Å². The number of nitrogens with zero attached hydrogens (tertiary/aromatic N) is 3. The van der Waals surface area contributed by atoms with Gasteiger partial charge in [-0.3, -0.25) is 0 Å². The van der Waals surface area contributed by atoms with Crippen molar-refractivity contribution in [2.75, 3.05) is 0 Å². The van der Waals surface area contributed by atoms with E-state index in [0.717, 1.165) is 15.8 Å². The fourth-order valence-corrected chi connectivity index (χ4v) is 2.55. The van der Waals surface area contributed by atoms with Crippen LogP contribution >= 0.6 is 11.3 Å². The lowest BCUT2D eigenvalue weighted by Gasteiger charge is -1.99. The zero-order valence-corrected chi connectivity index (χ0v) is 11.2. The Morgan fingerprint density at radius 3 is 2.70 bits per heavy atom. The molecule has 0 unspecified atom stereocenters. The number of azo groups is 1. The average Bonchev–Trinajstić information content (AvgIpc) is 2.85. The van der Waals surface area contributed by atoms with Crippen LogP contribution in [0.25, 0.3) is 10.2 Å². The van der Waals surface area contributed by atoms with Gasteiger partial charge in [0.05, 0.1) is 16.8 Å². The number of rotatable bonds is 3. The summed E-state index contributed by atoms with van der Waals surface area (Å²) < 4.78 is 1.07. The molecule has 0 aliphatic carbocycles. The van der Waals surface area contributed by atoms with Gasteiger partial charge in [-0.15, -0.1) is 5.11 Å². The van der Waals surface area contributed by atoms with Gasteiger partial charge in [0.25, 0.3) is 0 Å². The Morgan fingerprint density at radius 1 is 1.05 bits per heavy atom. The van der Waals surface area contributed by atoms with Crippen LogP contribution in [0.3, 0.4) is 0 Å². The molecule has 2 N–H and O–H groups in total. The first-order valence-corrected chi connectivity index (χ1v) is 6.78. The second-order valence-corrected chi connectivity index (χ2v) is 5.20. The Balaban J connectivity index is 1.75. The third-order valence-corrected chi connectivity index (χ3v) is 3.65. The highest BCUT2D eigenvalue weighted by Gasteiger charge is 2.02. The van der Waals surface area contributed by atoms with Crippen molar-refractivity contribution in [3.8, 4) is 11.5 Å². The lowest BCUT2D eigenvalue weighted by atomic mass is 10.2. The molecule has 0 fully saturated rings. The molecule has 3 aromatic rings. The first-order valence-electron chi connectivity index (χ1n) is 5.96. The van der Waals surface area contributed by atoms with Crippen molar-refractivity contribution >= 4 is 26.7 Å². The minimum Gasteiger partial charge on any atom is -0.504 e. The molecule has 0 radical (unpaired) electrons. The summed E-state index contributed by atoms with van der Waals surface area (Å²) in [5.41, 5.74) is 1.68. The number of hydrogen-bond acceptors (Lipinski definition) is 6. The van der Waals surface area contributed by atoms with Crippen LogP contribution in [-0.4, -0.2) is 15.2 Å². The standard InChI is InChI=1S/C14H11N3O2S/c18-11-6-5-9(7-12(11)19)8-15-17-14-16-10-3-1-2-4-13(10)20-14/h1-7,18-19H,8H2. The monoisotopic (exact) mass is 285 g/mol. The van der Waals surface area contributed by atoms with Crippen LogP contribution in [0.4, 0.5) is 5.13 Å². The van der Waals surface area contributed by atoms with Crippen LogP contribution in [-0.2, 0) is 6.54 Å². The van der Waals surface area contributed by atoms with Gasteiger partial charge in [-0.05, 0) is 29.8 Å². The maximum absolute atomic E-state index is 9.38. The van der Waals surface area contributed by atoms with E-state index in [1.807, 2.05) is 24.3 Å². The first-order chi connectivity index (χ1) is 9.72. The highest BCUT2D eigenvalue weighted by Crippen LogP contribution is 2.28. The van der Waals surface area contributed by atoms with Gasteiger partial charge in [0.15, 0.2) is 11.5 Å². The highest BCUT2D eigenvalue weighted by atomic mass is 32.1. The normalized spacial score (nSPS) is 11.4. The number of fused-ring (bicyclic) bond motifs is 1. The number of phenols is 2. The van der Waals surface area contributed by atoms with Gasteiger partial charge in [0.2, 0.25) is 5.13 Å². The van der Waals surface area contributed by atoms with E-state index in [1.54, 1.807) is 6.07 Å². The lowest BCUT2D eigenvalue weighted by molar-refractivity contribution is 0.403. The number of aromatic nitrogens is 1. The van der Waals surface area contributed by atoms with Crippen LogP contribution in [0, 0.1) is 0 Å². The third kappa shape index (κ3) is 2.60. The van der Waals surface area contributed by atoms with Crippen LogP contribution in [0.2, 0.25) is 0 Å². The Morgan fingerprint density at radius 2 is 1.90 bits per heavy atom. The molecule has 1 aromatic heterocycles.